The lowest BCUT2D eigenvalue weighted by molar-refractivity contribution is -0.136. The highest BCUT2D eigenvalue weighted by molar-refractivity contribution is 7.89. The number of fused-ring (bicyclic) bond motifs is 1. The van der Waals surface area contributed by atoms with Gasteiger partial charge in [-0.15, -0.1) is 0 Å². The van der Waals surface area contributed by atoms with Gasteiger partial charge in [-0.25, -0.2) is 8.42 Å². The lowest BCUT2D eigenvalue weighted by Gasteiger charge is -2.32. The quantitative estimate of drug-likeness (QED) is 0.615. The van der Waals surface area contributed by atoms with Crippen LogP contribution in [0.4, 0.5) is 5.69 Å². The van der Waals surface area contributed by atoms with Crippen molar-refractivity contribution in [1.82, 2.24) is 9.21 Å². The van der Waals surface area contributed by atoms with Crippen LogP contribution in [0.5, 0.6) is 0 Å². The molecule has 0 bridgehead atoms. The van der Waals surface area contributed by atoms with Crippen LogP contribution in [0.15, 0.2) is 53.4 Å². The van der Waals surface area contributed by atoms with Gasteiger partial charge >= 0.3 is 0 Å². The highest BCUT2D eigenvalue weighted by atomic mass is 32.2. The van der Waals surface area contributed by atoms with E-state index in [1.807, 2.05) is 42.2 Å². The largest absolute Gasteiger partial charge is 0.341 e. The molecule has 2 fully saturated rings. The third-order valence-electron chi connectivity index (χ3n) is 7.51. The number of rotatable bonds is 6. The number of hydrogen-bond acceptors (Lipinski definition) is 4. The van der Waals surface area contributed by atoms with Crippen molar-refractivity contribution in [2.45, 2.75) is 56.5 Å². The molecular formula is C27H33N3O4S. The van der Waals surface area contributed by atoms with Crippen LogP contribution in [0, 0.1) is 11.8 Å². The van der Waals surface area contributed by atoms with E-state index in [0.29, 0.717) is 38.9 Å². The van der Waals surface area contributed by atoms with Gasteiger partial charge in [0.1, 0.15) is 0 Å². The molecule has 8 heteroatoms. The summed E-state index contributed by atoms with van der Waals surface area (Å²) in [5, 5.41) is 0. The van der Waals surface area contributed by atoms with Gasteiger partial charge < -0.3 is 9.80 Å². The van der Waals surface area contributed by atoms with Crippen LogP contribution in [0.2, 0.25) is 0 Å². The molecule has 3 aliphatic rings. The molecule has 35 heavy (non-hydrogen) atoms. The average molecular weight is 496 g/mol. The summed E-state index contributed by atoms with van der Waals surface area (Å²) in [5.74, 6) is 0.189. The highest BCUT2D eigenvalue weighted by Gasteiger charge is 2.40. The van der Waals surface area contributed by atoms with E-state index in [2.05, 4.69) is 0 Å². The summed E-state index contributed by atoms with van der Waals surface area (Å²) in [6.07, 6.45) is 3.60. The maximum absolute atomic E-state index is 13.4. The Morgan fingerprint density at radius 2 is 1.66 bits per heavy atom. The maximum atomic E-state index is 13.4. The molecule has 0 N–H and O–H groups in total. The van der Waals surface area contributed by atoms with Crippen LogP contribution < -0.4 is 4.90 Å². The second-order valence-corrected chi connectivity index (χ2v) is 12.1. The topological polar surface area (TPSA) is 78.0 Å². The summed E-state index contributed by atoms with van der Waals surface area (Å²) in [5.41, 5.74) is 2.84. The fourth-order valence-corrected chi connectivity index (χ4v) is 6.89. The predicted octanol–water partition coefficient (Wildman–Crippen LogP) is 3.43. The Morgan fingerprint density at radius 3 is 2.31 bits per heavy atom. The Kier molecular flexibility index (Phi) is 6.44. The maximum Gasteiger partial charge on any atom is 0.243 e. The van der Waals surface area contributed by atoms with Crippen LogP contribution in [0.1, 0.15) is 43.7 Å². The minimum atomic E-state index is -3.66. The van der Waals surface area contributed by atoms with Crippen molar-refractivity contribution in [2.75, 3.05) is 25.0 Å². The van der Waals surface area contributed by atoms with Gasteiger partial charge in [-0.3, -0.25) is 9.59 Å². The molecule has 0 radical (unpaired) electrons. The average Bonchev–Trinajstić information content (AvgIpc) is 3.65. The Balaban J connectivity index is 1.23. The van der Waals surface area contributed by atoms with E-state index in [1.165, 1.54) is 4.31 Å². The number of sulfonamides is 1. The van der Waals surface area contributed by atoms with Gasteiger partial charge in [0.15, 0.2) is 0 Å². The van der Waals surface area contributed by atoms with Crippen molar-refractivity contribution in [3.05, 3.63) is 59.7 Å². The first kappa shape index (κ1) is 24.0. The number of amides is 2. The van der Waals surface area contributed by atoms with E-state index in [9.17, 15) is 18.0 Å². The van der Waals surface area contributed by atoms with E-state index >= 15 is 0 Å². The lowest BCUT2D eigenvalue weighted by Crippen LogP contribution is -2.43. The van der Waals surface area contributed by atoms with Crippen LogP contribution in [0.25, 0.3) is 0 Å². The van der Waals surface area contributed by atoms with Gasteiger partial charge in [0.05, 0.1) is 4.90 Å². The Morgan fingerprint density at radius 1 is 0.971 bits per heavy atom. The van der Waals surface area contributed by atoms with E-state index in [0.717, 1.165) is 29.7 Å². The molecule has 7 nitrogen and oxygen atoms in total. The minimum Gasteiger partial charge on any atom is -0.341 e. The van der Waals surface area contributed by atoms with Crippen molar-refractivity contribution in [1.29, 1.82) is 0 Å². The zero-order valence-electron chi connectivity index (χ0n) is 20.4. The number of nitrogens with zero attached hydrogens (tertiary/aromatic N) is 3. The molecule has 186 valence electrons. The van der Waals surface area contributed by atoms with Gasteiger partial charge in [-0.05, 0) is 68.4 Å². The molecule has 1 saturated carbocycles. The first-order valence-electron chi connectivity index (χ1n) is 12.5. The fraction of sp³-hybridized carbons (Fsp3) is 0.481. The molecule has 2 aliphatic heterocycles. The molecular weight excluding hydrogens is 462 g/mol. The summed E-state index contributed by atoms with van der Waals surface area (Å²) in [6, 6.07) is 15.1. The molecule has 2 amide bonds. The van der Waals surface area contributed by atoms with Gasteiger partial charge in [0, 0.05) is 50.2 Å². The summed E-state index contributed by atoms with van der Waals surface area (Å²) < 4.78 is 28.3. The van der Waals surface area contributed by atoms with Crippen LogP contribution in [-0.4, -0.2) is 55.6 Å². The van der Waals surface area contributed by atoms with E-state index in [-0.39, 0.29) is 34.6 Å². The number of benzene rings is 2. The predicted molar refractivity (Wildman–Crippen MR) is 134 cm³/mol. The number of piperidine rings is 1. The minimum absolute atomic E-state index is 0.0469. The highest BCUT2D eigenvalue weighted by Crippen LogP contribution is 2.40. The van der Waals surface area contributed by atoms with Crippen molar-refractivity contribution < 1.29 is 18.0 Å². The molecule has 2 aromatic carbocycles. The Bertz CT molecular complexity index is 1220. The molecule has 1 saturated heterocycles. The van der Waals surface area contributed by atoms with Crippen molar-refractivity contribution in [3.63, 3.8) is 0 Å². The van der Waals surface area contributed by atoms with E-state index in [4.69, 9.17) is 0 Å². The Labute approximate surface area is 207 Å². The second-order valence-electron chi connectivity index (χ2n) is 10.2. The molecule has 1 atom stereocenters. The third kappa shape index (κ3) is 4.74. The lowest BCUT2D eigenvalue weighted by atomic mass is 9.96. The number of hydrogen-bond donors (Lipinski definition) is 0. The van der Waals surface area contributed by atoms with Crippen LogP contribution in [0.3, 0.4) is 0 Å². The van der Waals surface area contributed by atoms with Crippen molar-refractivity contribution in [2.24, 2.45) is 11.8 Å². The summed E-state index contributed by atoms with van der Waals surface area (Å²) in [6.45, 7) is 3.23. The number of anilines is 1. The van der Waals surface area contributed by atoms with Crippen LogP contribution in [-0.2, 0) is 32.6 Å². The molecule has 2 heterocycles. The number of carbonyl (C=O) groups excluding carboxylic acids is 2. The smallest absolute Gasteiger partial charge is 0.243 e. The molecule has 0 aromatic heterocycles. The SMILES string of the molecule is C[C@H]1Cc2cc(S(=O)(=O)N3CCC(C(=O)N(C)Cc4ccccc4)CC3)ccc2N1C(=O)C1CC1. The van der Waals surface area contributed by atoms with Crippen molar-refractivity contribution in [3.8, 4) is 0 Å². The first-order valence-corrected chi connectivity index (χ1v) is 13.9. The summed E-state index contributed by atoms with van der Waals surface area (Å²) in [4.78, 5) is 29.5. The van der Waals surface area contributed by atoms with Crippen molar-refractivity contribution >= 4 is 27.5 Å². The van der Waals surface area contributed by atoms with Gasteiger partial charge in [0.25, 0.3) is 0 Å². The fourth-order valence-electron chi connectivity index (χ4n) is 5.37. The van der Waals surface area contributed by atoms with Crippen LogP contribution >= 0.6 is 0 Å². The summed E-state index contributed by atoms with van der Waals surface area (Å²) in [7, 11) is -1.85. The molecule has 1 aliphatic carbocycles. The monoisotopic (exact) mass is 495 g/mol. The van der Waals surface area contributed by atoms with Gasteiger partial charge in [-0.1, -0.05) is 30.3 Å². The molecule has 5 rings (SSSR count). The first-order chi connectivity index (χ1) is 16.8. The van der Waals surface area contributed by atoms with Gasteiger partial charge in [-0.2, -0.15) is 4.31 Å². The summed E-state index contributed by atoms with van der Waals surface area (Å²) >= 11 is 0. The molecule has 0 spiro atoms. The second kappa shape index (κ2) is 9.39. The zero-order valence-corrected chi connectivity index (χ0v) is 21.2. The van der Waals surface area contributed by atoms with Gasteiger partial charge in [0.2, 0.25) is 21.8 Å². The molecule has 2 aromatic rings. The van der Waals surface area contributed by atoms with E-state index < -0.39 is 10.0 Å². The third-order valence-corrected chi connectivity index (χ3v) is 9.40. The molecule has 0 unspecified atom stereocenters. The zero-order chi connectivity index (χ0) is 24.7. The Hall–Kier alpha value is -2.71. The standard InChI is InChI=1S/C27H33N3O4S/c1-19-16-23-17-24(10-11-25(23)30(19)27(32)21-8-9-21)35(33,34)29-14-12-22(13-15-29)26(31)28(2)18-20-6-4-3-5-7-20/h3-7,10-11,17,19,21-22H,8-9,12-16,18H2,1-2H3/t19-/m0/s1. The normalized spacial score (nSPS) is 21.1. The number of carbonyl (C=O) groups is 2. The van der Waals surface area contributed by atoms with E-state index in [1.54, 1.807) is 30.1 Å².